The van der Waals surface area contributed by atoms with E-state index < -0.39 is 29.1 Å². The Labute approximate surface area is 156 Å². The highest BCUT2D eigenvalue weighted by atomic mass is 19.1. The minimum absolute atomic E-state index is 0.145. The van der Waals surface area contributed by atoms with Crippen molar-refractivity contribution in [2.45, 2.75) is 0 Å². The first kappa shape index (κ1) is 17.2. The second-order valence-corrected chi connectivity index (χ2v) is 5.77. The van der Waals surface area contributed by atoms with E-state index in [-0.39, 0.29) is 17.3 Å². The van der Waals surface area contributed by atoms with Gasteiger partial charge in [0.25, 0.3) is 11.8 Å². The van der Waals surface area contributed by atoms with E-state index in [1.165, 1.54) is 12.1 Å². The molecule has 2 aromatic heterocycles. The number of rotatable bonds is 4. The zero-order valence-electron chi connectivity index (χ0n) is 14.2. The van der Waals surface area contributed by atoms with Crippen molar-refractivity contribution in [3.63, 3.8) is 0 Å². The van der Waals surface area contributed by atoms with Crippen molar-refractivity contribution in [1.29, 1.82) is 0 Å². The number of hydrogen-bond donors (Lipinski definition) is 5. The van der Waals surface area contributed by atoms with Crippen LogP contribution in [0.15, 0.2) is 48.8 Å². The van der Waals surface area contributed by atoms with Crippen molar-refractivity contribution in [3.05, 3.63) is 66.0 Å². The van der Waals surface area contributed by atoms with Crippen LogP contribution in [-0.2, 0) is 0 Å². The average Bonchev–Trinajstić information content (AvgIpc) is 3.31. The SMILES string of the molecule is O=C(Nc1c(O)cccc1F)c1nc[nH]c1C(=O)Nc1nc2ccccc2[nH]1. The summed E-state index contributed by atoms with van der Waals surface area (Å²) in [4.78, 5) is 38.5. The summed E-state index contributed by atoms with van der Waals surface area (Å²) >= 11 is 0. The Morgan fingerprint density at radius 3 is 2.64 bits per heavy atom. The number of benzene rings is 2. The quantitative estimate of drug-likeness (QED) is 0.347. The van der Waals surface area contributed by atoms with Gasteiger partial charge >= 0.3 is 0 Å². The molecule has 0 atom stereocenters. The van der Waals surface area contributed by atoms with Crippen LogP contribution in [0.3, 0.4) is 0 Å². The molecule has 0 aliphatic carbocycles. The van der Waals surface area contributed by atoms with Gasteiger partial charge in [0.2, 0.25) is 5.95 Å². The molecular weight excluding hydrogens is 367 g/mol. The normalized spacial score (nSPS) is 10.8. The average molecular weight is 380 g/mol. The Kier molecular flexibility index (Phi) is 4.20. The fourth-order valence-corrected chi connectivity index (χ4v) is 2.63. The van der Waals surface area contributed by atoms with Gasteiger partial charge in [-0.2, -0.15) is 0 Å². The lowest BCUT2D eigenvalue weighted by Crippen LogP contribution is -2.21. The number of phenolic OH excluding ortho intramolecular Hbond substituents is 1. The Bertz CT molecular complexity index is 1150. The predicted molar refractivity (Wildman–Crippen MR) is 98.7 cm³/mol. The van der Waals surface area contributed by atoms with Crippen LogP contribution < -0.4 is 10.6 Å². The summed E-state index contributed by atoms with van der Waals surface area (Å²) in [5, 5.41) is 14.5. The smallest absolute Gasteiger partial charge is 0.276 e. The molecule has 10 heteroatoms. The number of nitrogens with one attached hydrogen (secondary N) is 4. The van der Waals surface area contributed by atoms with Gasteiger partial charge in [-0.15, -0.1) is 0 Å². The van der Waals surface area contributed by atoms with Crippen molar-refractivity contribution in [3.8, 4) is 5.75 Å². The fourth-order valence-electron chi connectivity index (χ4n) is 2.63. The highest BCUT2D eigenvalue weighted by Gasteiger charge is 2.23. The number of carbonyl (C=O) groups is 2. The van der Waals surface area contributed by atoms with E-state index in [0.717, 1.165) is 17.9 Å². The molecule has 0 saturated carbocycles. The predicted octanol–water partition coefficient (Wildman–Crippen LogP) is 2.64. The lowest BCUT2D eigenvalue weighted by Gasteiger charge is -2.08. The van der Waals surface area contributed by atoms with Gasteiger partial charge in [-0.1, -0.05) is 18.2 Å². The Morgan fingerprint density at radius 1 is 1.04 bits per heavy atom. The largest absolute Gasteiger partial charge is 0.506 e. The second-order valence-electron chi connectivity index (χ2n) is 5.77. The van der Waals surface area contributed by atoms with E-state index in [1.807, 2.05) is 12.1 Å². The van der Waals surface area contributed by atoms with Crippen LogP contribution in [0, 0.1) is 5.82 Å². The van der Waals surface area contributed by atoms with Crippen LogP contribution in [-0.4, -0.2) is 36.9 Å². The molecule has 28 heavy (non-hydrogen) atoms. The number of fused-ring (bicyclic) bond motifs is 1. The van der Waals surface area contributed by atoms with E-state index in [2.05, 4.69) is 30.6 Å². The molecule has 5 N–H and O–H groups in total. The van der Waals surface area contributed by atoms with Crippen molar-refractivity contribution in [2.24, 2.45) is 0 Å². The van der Waals surface area contributed by atoms with Crippen molar-refractivity contribution < 1.29 is 19.1 Å². The molecule has 0 radical (unpaired) electrons. The summed E-state index contributed by atoms with van der Waals surface area (Å²) in [5.41, 5.74) is 0.579. The van der Waals surface area contributed by atoms with E-state index in [0.29, 0.717) is 5.52 Å². The zero-order chi connectivity index (χ0) is 19.7. The minimum atomic E-state index is -0.864. The number of carbonyl (C=O) groups excluding carboxylic acids is 2. The minimum Gasteiger partial charge on any atom is -0.506 e. The number of hydrogen-bond acceptors (Lipinski definition) is 5. The van der Waals surface area contributed by atoms with Crippen LogP contribution in [0.25, 0.3) is 11.0 Å². The highest BCUT2D eigenvalue weighted by molar-refractivity contribution is 6.13. The van der Waals surface area contributed by atoms with Gasteiger partial charge in [0.1, 0.15) is 17.1 Å². The molecule has 2 aromatic carbocycles. The Hall–Kier alpha value is -4.21. The number of nitrogens with zero attached hydrogens (tertiary/aromatic N) is 2. The van der Waals surface area contributed by atoms with Crippen LogP contribution in [0.5, 0.6) is 5.75 Å². The summed E-state index contributed by atoms with van der Waals surface area (Å²) in [6, 6.07) is 10.8. The van der Waals surface area contributed by atoms with Gasteiger partial charge in [-0.3, -0.25) is 14.9 Å². The number of H-pyrrole nitrogens is 2. The lowest BCUT2D eigenvalue weighted by molar-refractivity contribution is 0.0985. The van der Waals surface area contributed by atoms with Gasteiger partial charge in [0, 0.05) is 0 Å². The van der Waals surface area contributed by atoms with Crippen molar-refractivity contribution in [2.75, 3.05) is 10.6 Å². The molecule has 0 aliphatic rings. The Morgan fingerprint density at radius 2 is 1.86 bits per heavy atom. The molecule has 0 fully saturated rings. The molecule has 9 nitrogen and oxygen atoms in total. The summed E-state index contributed by atoms with van der Waals surface area (Å²) in [6.45, 7) is 0. The topological polar surface area (TPSA) is 136 Å². The third-order valence-electron chi connectivity index (χ3n) is 3.93. The maximum Gasteiger partial charge on any atom is 0.276 e. The summed E-state index contributed by atoms with van der Waals surface area (Å²) in [5.74, 6) is -2.61. The maximum absolute atomic E-state index is 13.8. The van der Waals surface area contributed by atoms with E-state index in [9.17, 15) is 19.1 Å². The molecule has 0 bridgehead atoms. The molecule has 2 amide bonds. The molecule has 140 valence electrons. The number of aromatic nitrogens is 4. The molecule has 0 unspecified atom stereocenters. The maximum atomic E-state index is 13.8. The number of halogens is 1. The van der Waals surface area contributed by atoms with Crippen LogP contribution in [0.4, 0.5) is 16.0 Å². The summed E-state index contributed by atoms with van der Waals surface area (Å²) in [7, 11) is 0. The lowest BCUT2D eigenvalue weighted by atomic mass is 10.2. The van der Waals surface area contributed by atoms with E-state index in [1.54, 1.807) is 12.1 Å². The summed E-state index contributed by atoms with van der Waals surface area (Å²) < 4.78 is 13.8. The number of aromatic amines is 2. The third kappa shape index (κ3) is 3.14. The van der Waals surface area contributed by atoms with Gasteiger partial charge in [-0.25, -0.2) is 14.4 Å². The molecule has 4 rings (SSSR count). The summed E-state index contributed by atoms with van der Waals surface area (Å²) in [6.07, 6.45) is 1.16. The molecule has 0 saturated heterocycles. The molecule has 2 heterocycles. The van der Waals surface area contributed by atoms with E-state index >= 15 is 0 Å². The van der Waals surface area contributed by atoms with E-state index in [4.69, 9.17) is 0 Å². The second kappa shape index (κ2) is 6.83. The van der Waals surface area contributed by atoms with Gasteiger partial charge in [0.05, 0.1) is 17.4 Å². The van der Waals surface area contributed by atoms with Crippen LogP contribution in [0.1, 0.15) is 21.0 Å². The molecule has 0 aliphatic heterocycles. The number of amides is 2. The van der Waals surface area contributed by atoms with Gasteiger partial charge < -0.3 is 20.4 Å². The van der Waals surface area contributed by atoms with Gasteiger partial charge in [0.15, 0.2) is 11.5 Å². The molecular formula is C18H13FN6O3. The van der Waals surface area contributed by atoms with Crippen molar-refractivity contribution >= 4 is 34.5 Å². The highest BCUT2D eigenvalue weighted by Crippen LogP contribution is 2.26. The molecule has 4 aromatic rings. The zero-order valence-corrected chi connectivity index (χ0v) is 14.2. The number of imidazole rings is 2. The number of phenols is 1. The van der Waals surface area contributed by atoms with Gasteiger partial charge in [-0.05, 0) is 24.3 Å². The first-order valence-corrected chi connectivity index (χ1v) is 8.11. The first-order valence-electron chi connectivity index (χ1n) is 8.11. The number of para-hydroxylation sites is 3. The number of anilines is 2. The Balaban J connectivity index is 1.56. The third-order valence-corrected chi connectivity index (χ3v) is 3.93. The van der Waals surface area contributed by atoms with Crippen LogP contribution in [0.2, 0.25) is 0 Å². The monoisotopic (exact) mass is 380 g/mol. The molecule has 0 spiro atoms. The van der Waals surface area contributed by atoms with Crippen molar-refractivity contribution in [1.82, 2.24) is 19.9 Å². The standard InChI is InChI=1S/C18H13FN6O3/c19-9-4-3-7-12(26)13(9)24-16(27)14-15(21-8-20-14)17(28)25-18-22-10-5-1-2-6-11(10)23-18/h1-8,26H,(H,20,21)(H,24,27)(H2,22,23,25,28). The van der Waals surface area contributed by atoms with Crippen LogP contribution >= 0.6 is 0 Å². The number of aromatic hydroxyl groups is 1. The fraction of sp³-hybridized carbons (Fsp3) is 0. The first-order chi connectivity index (χ1) is 13.5.